The Labute approximate surface area is 86.7 Å². The molecule has 1 amide bonds. The molecule has 1 aromatic heterocycles. The summed E-state index contributed by atoms with van der Waals surface area (Å²) in [5, 5.41) is 17.4. The van der Waals surface area contributed by atoms with Gasteiger partial charge in [0, 0.05) is 24.6 Å². The lowest BCUT2D eigenvalue weighted by Gasteiger charge is -1.99. The van der Waals surface area contributed by atoms with Gasteiger partial charge in [-0.25, -0.2) is 0 Å². The number of aryl methyl sites for hydroxylation is 1. The molecule has 0 fully saturated rings. The lowest BCUT2D eigenvalue weighted by Crippen LogP contribution is -2.12. The van der Waals surface area contributed by atoms with E-state index in [2.05, 4.69) is 15.5 Å². The topological polar surface area (TPSA) is 95.1 Å². The van der Waals surface area contributed by atoms with Crippen molar-refractivity contribution in [1.82, 2.24) is 10.2 Å². The van der Waals surface area contributed by atoms with E-state index in [1.54, 1.807) is 6.07 Å². The molecule has 0 radical (unpaired) electrons. The van der Waals surface area contributed by atoms with Crippen LogP contribution < -0.4 is 5.32 Å². The van der Waals surface area contributed by atoms with Gasteiger partial charge in [0.2, 0.25) is 5.91 Å². The molecule has 3 N–H and O–H groups in total. The Morgan fingerprint density at radius 2 is 2.27 bits per heavy atom. The molecule has 1 heterocycles. The van der Waals surface area contributed by atoms with E-state index in [4.69, 9.17) is 5.11 Å². The SMILES string of the molecule is Cc1cc(NC(=O)CCCC(=O)O)n[nH]1. The van der Waals surface area contributed by atoms with Crippen LogP contribution in [0.15, 0.2) is 6.07 Å². The number of nitrogens with zero attached hydrogens (tertiary/aromatic N) is 1. The van der Waals surface area contributed by atoms with Crippen LogP contribution in [0.1, 0.15) is 25.0 Å². The van der Waals surface area contributed by atoms with Gasteiger partial charge in [-0.05, 0) is 13.3 Å². The van der Waals surface area contributed by atoms with Gasteiger partial charge in [-0.15, -0.1) is 0 Å². The maximum Gasteiger partial charge on any atom is 0.303 e. The van der Waals surface area contributed by atoms with Crippen molar-refractivity contribution in [2.75, 3.05) is 5.32 Å². The summed E-state index contributed by atoms with van der Waals surface area (Å²) in [6.07, 6.45) is 0.537. The first-order valence-corrected chi connectivity index (χ1v) is 4.61. The number of carboxylic acids is 1. The predicted molar refractivity (Wildman–Crippen MR) is 53.4 cm³/mol. The molecule has 0 aromatic carbocycles. The molecule has 15 heavy (non-hydrogen) atoms. The van der Waals surface area contributed by atoms with E-state index in [0.717, 1.165) is 5.69 Å². The molecule has 6 nitrogen and oxygen atoms in total. The molecule has 0 bridgehead atoms. The number of hydrogen-bond donors (Lipinski definition) is 3. The number of carboxylic acid groups (broad SMARTS) is 1. The minimum absolute atomic E-state index is 0.00696. The summed E-state index contributed by atoms with van der Waals surface area (Å²) in [6.45, 7) is 1.83. The normalized spacial score (nSPS) is 9.93. The fraction of sp³-hybridized carbons (Fsp3) is 0.444. The number of H-pyrrole nitrogens is 1. The third-order valence-corrected chi connectivity index (χ3v) is 1.77. The molecule has 0 saturated carbocycles. The molecule has 1 rings (SSSR count). The summed E-state index contributed by atoms with van der Waals surface area (Å²) in [5.41, 5.74) is 0.857. The zero-order valence-electron chi connectivity index (χ0n) is 8.41. The highest BCUT2D eigenvalue weighted by atomic mass is 16.4. The minimum atomic E-state index is -0.890. The fourth-order valence-corrected chi connectivity index (χ4v) is 1.09. The number of anilines is 1. The van der Waals surface area contributed by atoms with Crippen molar-refractivity contribution in [3.05, 3.63) is 11.8 Å². The van der Waals surface area contributed by atoms with Crippen LogP contribution in [0.25, 0.3) is 0 Å². The average molecular weight is 211 g/mol. The maximum atomic E-state index is 11.2. The lowest BCUT2D eigenvalue weighted by atomic mass is 10.2. The van der Waals surface area contributed by atoms with Gasteiger partial charge < -0.3 is 10.4 Å². The van der Waals surface area contributed by atoms with Crippen molar-refractivity contribution in [3.8, 4) is 0 Å². The largest absolute Gasteiger partial charge is 0.481 e. The Kier molecular flexibility index (Phi) is 3.84. The molecule has 0 aliphatic heterocycles. The Morgan fingerprint density at radius 1 is 1.53 bits per heavy atom. The van der Waals surface area contributed by atoms with Crippen molar-refractivity contribution >= 4 is 17.7 Å². The zero-order valence-corrected chi connectivity index (χ0v) is 8.41. The second-order valence-electron chi connectivity index (χ2n) is 3.23. The van der Waals surface area contributed by atoms with Crippen LogP contribution in [0.3, 0.4) is 0 Å². The smallest absolute Gasteiger partial charge is 0.303 e. The van der Waals surface area contributed by atoms with E-state index in [1.165, 1.54) is 0 Å². The fourth-order valence-electron chi connectivity index (χ4n) is 1.09. The average Bonchev–Trinajstić information content (AvgIpc) is 2.50. The third-order valence-electron chi connectivity index (χ3n) is 1.77. The quantitative estimate of drug-likeness (QED) is 0.674. The van der Waals surface area contributed by atoms with E-state index in [0.29, 0.717) is 12.2 Å². The highest BCUT2D eigenvalue weighted by molar-refractivity contribution is 5.89. The standard InChI is InChI=1S/C9H13N3O3/c1-6-5-7(12-11-6)10-8(13)3-2-4-9(14)15/h5H,2-4H2,1H3,(H,14,15)(H2,10,11,12,13). The summed E-state index contributed by atoms with van der Waals surface area (Å²) >= 11 is 0. The van der Waals surface area contributed by atoms with Crippen molar-refractivity contribution in [1.29, 1.82) is 0 Å². The van der Waals surface area contributed by atoms with E-state index >= 15 is 0 Å². The van der Waals surface area contributed by atoms with Gasteiger partial charge in [0.25, 0.3) is 0 Å². The number of rotatable bonds is 5. The summed E-state index contributed by atoms with van der Waals surface area (Å²) in [5.74, 6) is -0.644. The van der Waals surface area contributed by atoms with Crippen LogP contribution in [0.4, 0.5) is 5.82 Å². The molecule has 1 aromatic rings. The van der Waals surface area contributed by atoms with Gasteiger partial charge in [-0.2, -0.15) is 5.10 Å². The predicted octanol–water partition coefficient (Wildman–Crippen LogP) is 0.912. The van der Waals surface area contributed by atoms with Crippen molar-refractivity contribution in [3.63, 3.8) is 0 Å². The van der Waals surface area contributed by atoms with Crippen LogP contribution in [-0.2, 0) is 9.59 Å². The first-order chi connectivity index (χ1) is 7.08. The van der Waals surface area contributed by atoms with E-state index in [9.17, 15) is 9.59 Å². The Morgan fingerprint density at radius 3 is 2.80 bits per heavy atom. The second kappa shape index (κ2) is 5.14. The van der Waals surface area contributed by atoms with Crippen LogP contribution in [-0.4, -0.2) is 27.2 Å². The first kappa shape index (κ1) is 11.2. The number of aromatic nitrogens is 2. The monoisotopic (exact) mass is 211 g/mol. The van der Waals surface area contributed by atoms with E-state index in [-0.39, 0.29) is 18.7 Å². The summed E-state index contributed by atoms with van der Waals surface area (Å²) in [6, 6.07) is 1.70. The number of amides is 1. The molecule has 82 valence electrons. The number of aliphatic carboxylic acids is 1. The number of hydrogen-bond acceptors (Lipinski definition) is 3. The van der Waals surface area contributed by atoms with E-state index in [1.807, 2.05) is 6.92 Å². The molecule has 0 atom stereocenters. The number of carbonyl (C=O) groups is 2. The number of carbonyl (C=O) groups excluding carboxylic acids is 1. The molecule has 0 saturated heterocycles. The Balaban J connectivity index is 2.27. The van der Waals surface area contributed by atoms with Crippen LogP contribution >= 0.6 is 0 Å². The Hall–Kier alpha value is -1.85. The van der Waals surface area contributed by atoms with Crippen LogP contribution in [0.5, 0.6) is 0 Å². The maximum absolute atomic E-state index is 11.2. The van der Waals surface area contributed by atoms with E-state index < -0.39 is 5.97 Å². The Bertz CT molecular complexity index is 359. The summed E-state index contributed by atoms with van der Waals surface area (Å²) in [4.78, 5) is 21.4. The molecule has 0 unspecified atom stereocenters. The number of aromatic amines is 1. The van der Waals surface area contributed by atoms with Crippen molar-refractivity contribution in [2.24, 2.45) is 0 Å². The summed E-state index contributed by atoms with van der Waals surface area (Å²) in [7, 11) is 0. The molecular formula is C9H13N3O3. The van der Waals surface area contributed by atoms with Crippen LogP contribution in [0.2, 0.25) is 0 Å². The van der Waals surface area contributed by atoms with Gasteiger partial charge in [0.05, 0.1) is 0 Å². The minimum Gasteiger partial charge on any atom is -0.481 e. The highest BCUT2D eigenvalue weighted by Crippen LogP contribution is 2.05. The zero-order chi connectivity index (χ0) is 11.3. The van der Waals surface area contributed by atoms with Crippen molar-refractivity contribution < 1.29 is 14.7 Å². The molecule has 0 aliphatic carbocycles. The molecule has 0 aliphatic rings. The molecule has 6 heteroatoms. The lowest BCUT2D eigenvalue weighted by molar-refractivity contribution is -0.137. The van der Waals surface area contributed by atoms with Gasteiger partial charge in [0.15, 0.2) is 5.82 Å². The summed E-state index contributed by atoms with van der Waals surface area (Å²) < 4.78 is 0. The number of nitrogens with one attached hydrogen (secondary N) is 2. The third kappa shape index (κ3) is 4.26. The van der Waals surface area contributed by atoms with Crippen LogP contribution in [0, 0.1) is 6.92 Å². The van der Waals surface area contributed by atoms with Gasteiger partial charge >= 0.3 is 5.97 Å². The van der Waals surface area contributed by atoms with Crippen molar-refractivity contribution in [2.45, 2.75) is 26.2 Å². The van der Waals surface area contributed by atoms with Gasteiger partial charge in [-0.1, -0.05) is 0 Å². The van der Waals surface area contributed by atoms with Gasteiger partial charge in [0.1, 0.15) is 0 Å². The highest BCUT2D eigenvalue weighted by Gasteiger charge is 2.05. The van der Waals surface area contributed by atoms with Gasteiger partial charge in [-0.3, -0.25) is 14.7 Å². The molecule has 0 spiro atoms. The first-order valence-electron chi connectivity index (χ1n) is 4.61. The molecular weight excluding hydrogens is 198 g/mol. The second-order valence-corrected chi connectivity index (χ2v) is 3.23.